The molecule has 30 heavy (non-hydrogen) atoms. The molecule has 8 heteroatoms. The standard InChI is InChI=1S/C22H21ClN2O4S/c1-15-6-5-9-21(16(15)2)29-14-22(26)24-17-10-12-18(13-11-17)30(27,28)25-20-8-4-3-7-19(20)23/h3-13,25H,14H2,1-2H3,(H,24,26). The molecule has 2 N–H and O–H groups in total. The molecule has 0 radical (unpaired) electrons. The molecule has 3 rings (SSSR count). The summed E-state index contributed by atoms with van der Waals surface area (Å²) in [6.45, 7) is 3.75. The number of hydrogen-bond acceptors (Lipinski definition) is 4. The number of aryl methyl sites for hydroxylation is 1. The second-order valence-corrected chi connectivity index (χ2v) is 8.73. The van der Waals surface area contributed by atoms with E-state index in [2.05, 4.69) is 10.0 Å². The third kappa shape index (κ3) is 5.31. The monoisotopic (exact) mass is 444 g/mol. The van der Waals surface area contributed by atoms with Crippen molar-refractivity contribution in [1.29, 1.82) is 0 Å². The van der Waals surface area contributed by atoms with Crippen LogP contribution in [0.15, 0.2) is 71.6 Å². The first-order chi connectivity index (χ1) is 14.3. The van der Waals surface area contributed by atoms with Gasteiger partial charge >= 0.3 is 0 Å². The van der Waals surface area contributed by atoms with Crippen LogP contribution in [-0.4, -0.2) is 20.9 Å². The van der Waals surface area contributed by atoms with Gasteiger partial charge in [-0.05, 0) is 67.4 Å². The summed E-state index contributed by atoms with van der Waals surface area (Å²) in [5.74, 6) is 0.304. The third-order valence-electron chi connectivity index (χ3n) is 4.48. The summed E-state index contributed by atoms with van der Waals surface area (Å²) in [7, 11) is -3.81. The molecule has 0 saturated carbocycles. The van der Waals surface area contributed by atoms with Gasteiger partial charge in [-0.3, -0.25) is 9.52 Å². The van der Waals surface area contributed by atoms with Crippen molar-refractivity contribution in [3.05, 3.63) is 82.9 Å². The molecule has 0 fully saturated rings. The van der Waals surface area contributed by atoms with Crippen LogP contribution in [-0.2, 0) is 14.8 Å². The van der Waals surface area contributed by atoms with Gasteiger partial charge in [0.15, 0.2) is 6.61 Å². The molecule has 6 nitrogen and oxygen atoms in total. The Labute approximate surface area is 180 Å². The number of amides is 1. The molecule has 0 saturated heterocycles. The van der Waals surface area contributed by atoms with Gasteiger partial charge in [-0.15, -0.1) is 0 Å². The van der Waals surface area contributed by atoms with Gasteiger partial charge in [-0.2, -0.15) is 0 Å². The van der Waals surface area contributed by atoms with E-state index in [9.17, 15) is 13.2 Å². The van der Waals surface area contributed by atoms with Gasteiger partial charge in [-0.25, -0.2) is 8.42 Å². The summed E-state index contributed by atoms with van der Waals surface area (Å²) in [6.07, 6.45) is 0. The number of hydrogen-bond donors (Lipinski definition) is 2. The van der Waals surface area contributed by atoms with E-state index < -0.39 is 10.0 Å². The zero-order valence-corrected chi connectivity index (χ0v) is 18.0. The summed E-state index contributed by atoms with van der Waals surface area (Å²) in [4.78, 5) is 12.2. The second kappa shape index (κ2) is 9.19. The first kappa shape index (κ1) is 21.7. The Kier molecular flexibility index (Phi) is 6.64. The highest BCUT2D eigenvalue weighted by atomic mass is 35.5. The number of halogens is 1. The van der Waals surface area contributed by atoms with Crippen LogP contribution in [0.5, 0.6) is 5.75 Å². The van der Waals surface area contributed by atoms with E-state index in [0.717, 1.165) is 11.1 Å². The van der Waals surface area contributed by atoms with Gasteiger partial charge in [0.25, 0.3) is 15.9 Å². The van der Waals surface area contributed by atoms with Gasteiger partial charge in [-0.1, -0.05) is 35.9 Å². The summed E-state index contributed by atoms with van der Waals surface area (Å²) in [5, 5.41) is 2.98. The molecule has 0 unspecified atom stereocenters. The van der Waals surface area contributed by atoms with E-state index in [4.69, 9.17) is 16.3 Å². The normalized spacial score (nSPS) is 11.0. The van der Waals surface area contributed by atoms with Crippen molar-refractivity contribution in [2.75, 3.05) is 16.6 Å². The molecule has 0 aliphatic heterocycles. The first-order valence-corrected chi connectivity index (χ1v) is 11.0. The Hall–Kier alpha value is -3.03. The lowest BCUT2D eigenvalue weighted by Crippen LogP contribution is -2.20. The van der Waals surface area contributed by atoms with E-state index in [0.29, 0.717) is 22.1 Å². The minimum absolute atomic E-state index is 0.0482. The summed E-state index contributed by atoms with van der Waals surface area (Å²) in [6, 6.07) is 18.0. The lowest BCUT2D eigenvalue weighted by molar-refractivity contribution is -0.118. The molecule has 0 aliphatic rings. The molecule has 156 valence electrons. The number of para-hydroxylation sites is 1. The molecule has 1 amide bonds. The smallest absolute Gasteiger partial charge is 0.262 e. The fraction of sp³-hybridized carbons (Fsp3) is 0.136. The number of anilines is 2. The van der Waals surface area contributed by atoms with Crippen molar-refractivity contribution in [3.8, 4) is 5.75 Å². The van der Waals surface area contributed by atoms with Crippen molar-refractivity contribution in [2.24, 2.45) is 0 Å². The Morgan fingerprint density at radius 2 is 1.67 bits per heavy atom. The highest BCUT2D eigenvalue weighted by Crippen LogP contribution is 2.25. The first-order valence-electron chi connectivity index (χ1n) is 9.12. The van der Waals surface area contributed by atoms with Crippen LogP contribution in [0.4, 0.5) is 11.4 Å². The Bertz CT molecular complexity index is 1160. The topological polar surface area (TPSA) is 84.5 Å². The maximum atomic E-state index is 12.5. The van der Waals surface area contributed by atoms with Crippen LogP contribution in [0, 0.1) is 13.8 Å². The maximum absolute atomic E-state index is 12.5. The second-order valence-electron chi connectivity index (χ2n) is 6.64. The average molecular weight is 445 g/mol. The zero-order chi connectivity index (χ0) is 21.7. The van der Waals surface area contributed by atoms with E-state index in [1.54, 1.807) is 30.3 Å². The molecule has 3 aromatic carbocycles. The lowest BCUT2D eigenvalue weighted by atomic mass is 10.1. The number of ether oxygens (including phenoxy) is 1. The lowest BCUT2D eigenvalue weighted by Gasteiger charge is -2.12. The Morgan fingerprint density at radius 3 is 2.37 bits per heavy atom. The number of rotatable bonds is 7. The number of carbonyl (C=O) groups is 1. The van der Waals surface area contributed by atoms with Gasteiger partial charge in [0, 0.05) is 5.69 Å². The largest absolute Gasteiger partial charge is 0.483 e. The van der Waals surface area contributed by atoms with Gasteiger partial charge in [0.05, 0.1) is 15.6 Å². The number of nitrogens with one attached hydrogen (secondary N) is 2. The predicted molar refractivity (Wildman–Crippen MR) is 119 cm³/mol. The SMILES string of the molecule is Cc1cccc(OCC(=O)Nc2ccc(S(=O)(=O)Nc3ccccc3Cl)cc2)c1C. The Morgan fingerprint density at radius 1 is 0.967 bits per heavy atom. The predicted octanol–water partition coefficient (Wildman–Crippen LogP) is 4.78. The van der Waals surface area contributed by atoms with Gasteiger partial charge < -0.3 is 10.1 Å². The van der Waals surface area contributed by atoms with E-state index in [1.165, 1.54) is 24.3 Å². The van der Waals surface area contributed by atoms with E-state index >= 15 is 0 Å². The quantitative estimate of drug-likeness (QED) is 0.549. The van der Waals surface area contributed by atoms with Crippen LogP contribution in [0.25, 0.3) is 0 Å². The average Bonchev–Trinajstić information content (AvgIpc) is 2.71. The summed E-state index contributed by atoms with van der Waals surface area (Å²) >= 11 is 6.01. The minimum atomic E-state index is -3.81. The van der Waals surface area contributed by atoms with Crippen molar-refractivity contribution >= 4 is 38.9 Å². The number of carbonyl (C=O) groups excluding carboxylic acids is 1. The molecule has 0 aromatic heterocycles. The molecule has 3 aromatic rings. The van der Waals surface area contributed by atoms with Gasteiger partial charge in [0.1, 0.15) is 5.75 Å². The molecule has 0 atom stereocenters. The van der Waals surface area contributed by atoms with Crippen LogP contribution < -0.4 is 14.8 Å². The van der Waals surface area contributed by atoms with Crippen LogP contribution >= 0.6 is 11.6 Å². The van der Waals surface area contributed by atoms with E-state index in [-0.39, 0.29) is 17.4 Å². The van der Waals surface area contributed by atoms with Crippen LogP contribution in [0.3, 0.4) is 0 Å². The van der Waals surface area contributed by atoms with Gasteiger partial charge in [0.2, 0.25) is 0 Å². The third-order valence-corrected chi connectivity index (χ3v) is 6.19. The fourth-order valence-corrected chi connectivity index (χ4v) is 4.00. The molecule has 0 heterocycles. The Balaban J connectivity index is 1.62. The molecular weight excluding hydrogens is 424 g/mol. The molecular formula is C22H21ClN2O4S. The zero-order valence-electron chi connectivity index (χ0n) is 16.5. The van der Waals surface area contributed by atoms with E-state index in [1.807, 2.05) is 26.0 Å². The van der Waals surface area contributed by atoms with Crippen LogP contribution in [0.2, 0.25) is 5.02 Å². The van der Waals surface area contributed by atoms with Crippen molar-refractivity contribution in [2.45, 2.75) is 18.7 Å². The highest BCUT2D eigenvalue weighted by molar-refractivity contribution is 7.92. The minimum Gasteiger partial charge on any atom is -0.483 e. The number of benzene rings is 3. The van der Waals surface area contributed by atoms with Crippen molar-refractivity contribution < 1.29 is 17.9 Å². The maximum Gasteiger partial charge on any atom is 0.262 e. The number of sulfonamides is 1. The molecule has 0 aliphatic carbocycles. The van der Waals surface area contributed by atoms with Crippen LogP contribution in [0.1, 0.15) is 11.1 Å². The van der Waals surface area contributed by atoms with Crippen molar-refractivity contribution in [3.63, 3.8) is 0 Å². The summed E-state index contributed by atoms with van der Waals surface area (Å²) < 4.78 is 33.1. The highest BCUT2D eigenvalue weighted by Gasteiger charge is 2.16. The van der Waals surface area contributed by atoms with Crippen molar-refractivity contribution in [1.82, 2.24) is 0 Å². The molecule has 0 bridgehead atoms. The summed E-state index contributed by atoms with van der Waals surface area (Å²) in [5.41, 5.74) is 2.81. The molecule has 0 spiro atoms. The fourth-order valence-electron chi connectivity index (χ4n) is 2.69.